The van der Waals surface area contributed by atoms with Crippen LogP contribution < -0.4 is 5.32 Å². The highest BCUT2D eigenvalue weighted by atomic mass is 79.9. The summed E-state index contributed by atoms with van der Waals surface area (Å²) in [5.41, 5.74) is 3.94. The van der Waals surface area contributed by atoms with Crippen molar-refractivity contribution in [1.29, 1.82) is 0 Å². The molecule has 0 aromatic heterocycles. The number of carbonyl (C=O) groups excluding carboxylic acids is 1. The van der Waals surface area contributed by atoms with Crippen LogP contribution in [0.3, 0.4) is 0 Å². The number of halogens is 1. The van der Waals surface area contributed by atoms with Gasteiger partial charge in [-0.2, -0.15) is 0 Å². The zero-order chi connectivity index (χ0) is 16.1. The maximum Gasteiger partial charge on any atom is 0.228 e. The fourth-order valence-electron chi connectivity index (χ4n) is 2.44. The van der Waals surface area contributed by atoms with Crippen molar-refractivity contribution in [2.24, 2.45) is 0 Å². The summed E-state index contributed by atoms with van der Waals surface area (Å²) in [4.78, 5) is 12.3. The Kier molecular flexibility index (Phi) is 4.89. The Morgan fingerprint density at radius 2 is 1.48 bits per heavy atom. The Morgan fingerprint density at radius 3 is 2.22 bits per heavy atom. The fourth-order valence-corrected chi connectivity index (χ4v) is 2.71. The van der Waals surface area contributed by atoms with Crippen molar-refractivity contribution in [1.82, 2.24) is 0 Å². The van der Waals surface area contributed by atoms with Crippen molar-refractivity contribution in [3.63, 3.8) is 0 Å². The average Bonchev–Trinajstić information content (AvgIpc) is 2.58. The average molecular weight is 366 g/mol. The van der Waals surface area contributed by atoms with E-state index in [1.54, 1.807) is 0 Å². The van der Waals surface area contributed by atoms with Crippen LogP contribution in [0.4, 0.5) is 5.69 Å². The van der Waals surface area contributed by atoms with E-state index in [9.17, 15) is 4.79 Å². The Morgan fingerprint density at radius 1 is 0.826 bits per heavy atom. The first kappa shape index (κ1) is 15.5. The summed E-state index contributed by atoms with van der Waals surface area (Å²) >= 11 is 3.40. The van der Waals surface area contributed by atoms with Gasteiger partial charge in [-0.05, 0) is 29.3 Å². The maximum absolute atomic E-state index is 12.3. The predicted molar refractivity (Wildman–Crippen MR) is 98.4 cm³/mol. The van der Waals surface area contributed by atoms with E-state index in [0.29, 0.717) is 6.42 Å². The van der Waals surface area contributed by atoms with Crippen molar-refractivity contribution < 1.29 is 4.79 Å². The first-order valence-electron chi connectivity index (χ1n) is 7.41. The number of benzene rings is 3. The normalized spacial score (nSPS) is 10.3. The van der Waals surface area contributed by atoms with E-state index < -0.39 is 0 Å². The first-order valence-corrected chi connectivity index (χ1v) is 8.20. The summed E-state index contributed by atoms with van der Waals surface area (Å²) in [5.74, 6) is -0.0179. The summed E-state index contributed by atoms with van der Waals surface area (Å²) in [6, 6.07) is 25.7. The molecule has 0 fully saturated rings. The Labute approximate surface area is 144 Å². The zero-order valence-electron chi connectivity index (χ0n) is 12.5. The van der Waals surface area contributed by atoms with Gasteiger partial charge < -0.3 is 5.32 Å². The lowest BCUT2D eigenvalue weighted by Crippen LogP contribution is -2.14. The number of anilines is 1. The van der Waals surface area contributed by atoms with E-state index in [-0.39, 0.29) is 5.91 Å². The number of rotatable bonds is 4. The minimum Gasteiger partial charge on any atom is -0.325 e. The quantitative estimate of drug-likeness (QED) is 0.667. The smallest absolute Gasteiger partial charge is 0.228 e. The van der Waals surface area contributed by atoms with Crippen LogP contribution in [0, 0.1) is 0 Å². The molecule has 3 aromatic carbocycles. The highest BCUT2D eigenvalue weighted by Crippen LogP contribution is 2.27. The molecule has 0 aliphatic carbocycles. The van der Waals surface area contributed by atoms with E-state index in [1.807, 2.05) is 78.9 Å². The van der Waals surface area contributed by atoms with Crippen LogP contribution in [-0.2, 0) is 11.2 Å². The number of carbonyl (C=O) groups is 1. The van der Waals surface area contributed by atoms with Crippen molar-refractivity contribution in [2.75, 3.05) is 5.32 Å². The highest BCUT2D eigenvalue weighted by Gasteiger charge is 2.08. The molecule has 1 amide bonds. The Balaban J connectivity index is 1.78. The number of hydrogen-bond donors (Lipinski definition) is 1. The van der Waals surface area contributed by atoms with Gasteiger partial charge in [0.25, 0.3) is 0 Å². The van der Waals surface area contributed by atoms with E-state index in [2.05, 4.69) is 21.2 Å². The summed E-state index contributed by atoms with van der Waals surface area (Å²) in [6.07, 6.45) is 0.358. The van der Waals surface area contributed by atoms with Crippen LogP contribution in [0.5, 0.6) is 0 Å². The van der Waals surface area contributed by atoms with Crippen LogP contribution in [0.25, 0.3) is 11.1 Å². The highest BCUT2D eigenvalue weighted by molar-refractivity contribution is 9.10. The van der Waals surface area contributed by atoms with Crippen LogP contribution in [-0.4, -0.2) is 5.91 Å². The molecule has 0 heterocycles. The molecule has 114 valence electrons. The van der Waals surface area contributed by atoms with Crippen LogP contribution in [0.1, 0.15) is 5.56 Å². The molecule has 0 aliphatic heterocycles. The SMILES string of the molecule is O=C(Cc1ccc(Br)cc1)Nc1ccccc1-c1ccccc1. The lowest BCUT2D eigenvalue weighted by atomic mass is 10.0. The molecular weight excluding hydrogens is 350 g/mol. The van der Waals surface area contributed by atoms with E-state index >= 15 is 0 Å². The first-order chi connectivity index (χ1) is 11.2. The van der Waals surface area contributed by atoms with Crippen LogP contribution in [0.2, 0.25) is 0 Å². The second-order valence-electron chi connectivity index (χ2n) is 5.26. The maximum atomic E-state index is 12.3. The fraction of sp³-hybridized carbons (Fsp3) is 0.0500. The van der Waals surface area contributed by atoms with E-state index in [4.69, 9.17) is 0 Å². The zero-order valence-corrected chi connectivity index (χ0v) is 14.1. The van der Waals surface area contributed by atoms with E-state index in [0.717, 1.165) is 26.9 Å². The molecule has 1 N–H and O–H groups in total. The van der Waals surface area contributed by atoms with Crippen LogP contribution in [0.15, 0.2) is 83.3 Å². The second-order valence-corrected chi connectivity index (χ2v) is 6.18. The third kappa shape index (κ3) is 4.08. The van der Waals surface area contributed by atoms with Crippen molar-refractivity contribution in [3.05, 3.63) is 88.9 Å². The topological polar surface area (TPSA) is 29.1 Å². The van der Waals surface area contributed by atoms with Gasteiger partial charge in [0.15, 0.2) is 0 Å². The summed E-state index contributed by atoms with van der Waals surface area (Å²) in [5, 5.41) is 3.02. The largest absolute Gasteiger partial charge is 0.325 e. The molecule has 3 rings (SSSR count). The number of para-hydroxylation sites is 1. The standard InChI is InChI=1S/C20H16BrNO/c21-17-12-10-15(11-13-17)14-20(23)22-19-9-5-4-8-18(19)16-6-2-1-3-7-16/h1-13H,14H2,(H,22,23). The molecule has 0 bridgehead atoms. The molecular formula is C20H16BrNO. The Bertz CT molecular complexity index is 797. The molecule has 0 unspecified atom stereocenters. The minimum absolute atomic E-state index is 0.0179. The third-order valence-corrected chi connectivity index (χ3v) is 4.09. The van der Waals surface area contributed by atoms with Gasteiger partial charge in [-0.3, -0.25) is 4.79 Å². The number of amides is 1. The van der Waals surface area contributed by atoms with Gasteiger partial charge in [0.2, 0.25) is 5.91 Å². The predicted octanol–water partition coefficient (Wildman–Crippen LogP) is 5.30. The third-order valence-electron chi connectivity index (χ3n) is 3.56. The van der Waals surface area contributed by atoms with Gasteiger partial charge in [-0.15, -0.1) is 0 Å². The number of hydrogen-bond acceptors (Lipinski definition) is 1. The van der Waals surface area contributed by atoms with Crippen LogP contribution >= 0.6 is 15.9 Å². The van der Waals surface area contributed by atoms with Gasteiger partial charge in [0, 0.05) is 15.7 Å². The van der Waals surface area contributed by atoms with Gasteiger partial charge in [-0.25, -0.2) is 0 Å². The molecule has 2 nitrogen and oxygen atoms in total. The van der Waals surface area contributed by atoms with Gasteiger partial charge in [0.1, 0.15) is 0 Å². The Hall–Kier alpha value is -2.39. The molecule has 3 heteroatoms. The van der Waals surface area contributed by atoms with Gasteiger partial charge in [-0.1, -0.05) is 76.6 Å². The van der Waals surface area contributed by atoms with Gasteiger partial charge >= 0.3 is 0 Å². The van der Waals surface area contributed by atoms with Crippen molar-refractivity contribution in [3.8, 4) is 11.1 Å². The number of nitrogens with one attached hydrogen (secondary N) is 1. The lowest BCUT2D eigenvalue weighted by molar-refractivity contribution is -0.115. The second kappa shape index (κ2) is 7.25. The summed E-state index contributed by atoms with van der Waals surface area (Å²) in [7, 11) is 0. The molecule has 0 saturated heterocycles. The molecule has 23 heavy (non-hydrogen) atoms. The molecule has 0 spiro atoms. The molecule has 0 radical (unpaired) electrons. The molecule has 0 saturated carbocycles. The van der Waals surface area contributed by atoms with Crippen molar-refractivity contribution in [2.45, 2.75) is 6.42 Å². The molecule has 0 atom stereocenters. The van der Waals surface area contributed by atoms with E-state index in [1.165, 1.54) is 0 Å². The van der Waals surface area contributed by atoms with Crippen molar-refractivity contribution >= 4 is 27.5 Å². The molecule has 0 aliphatic rings. The van der Waals surface area contributed by atoms with Gasteiger partial charge in [0.05, 0.1) is 6.42 Å². The molecule has 3 aromatic rings. The minimum atomic E-state index is -0.0179. The lowest BCUT2D eigenvalue weighted by Gasteiger charge is -2.11. The monoisotopic (exact) mass is 365 g/mol. The summed E-state index contributed by atoms with van der Waals surface area (Å²) in [6.45, 7) is 0. The summed E-state index contributed by atoms with van der Waals surface area (Å²) < 4.78 is 1.01.